The number of nitrogen functional groups attached to an aromatic ring is 1. The third kappa shape index (κ3) is 4.42. The molecule has 1 aromatic carbocycles. The van der Waals surface area contributed by atoms with Gasteiger partial charge in [0, 0.05) is 30.8 Å². The van der Waals surface area contributed by atoms with Gasteiger partial charge in [-0.2, -0.15) is 0 Å². The third-order valence-electron chi connectivity index (χ3n) is 2.99. The maximum atomic E-state index is 7.88. The van der Waals surface area contributed by atoms with E-state index in [1.165, 1.54) is 0 Å². The van der Waals surface area contributed by atoms with Gasteiger partial charge in [-0.3, -0.25) is 5.41 Å². The van der Waals surface area contributed by atoms with Crippen LogP contribution < -0.4 is 10.6 Å². The molecule has 1 aromatic rings. The van der Waals surface area contributed by atoms with Crippen LogP contribution in [0.5, 0.6) is 0 Å². The zero-order valence-electron chi connectivity index (χ0n) is 12.8. The number of hydrogen-bond donors (Lipinski definition) is 2. The molecule has 0 aliphatic carbocycles. The summed E-state index contributed by atoms with van der Waals surface area (Å²) < 4.78 is 5.20. The van der Waals surface area contributed by atoms with Crippen LogP contribution in [0.2, 0.25) is 0 Å². The molecule has 0 fully saturated rings. The van der Waals surface area contributed by atoms with Crippen molar-refractivity contribution < 1.29 is 4.74 Å². The fourth-order valence-corrected chi connectivity index (χ4v) is 2.81. The fraction of sp³-hybridized carbons (Fsp3) is 0.533. The predicted octanol–water partition coefficient (Wildman–Crippen LogP) is 2.80. The van der Waals surface area contributed by atoms with Crippen molar-refractivity contribution in [3.63, 3.8) is 0 Å². The van der Waals surface area contributed by atoms with Gasteiger partial charge in [-0.05, 0) is 24.3 Å². The standard InChI is InChI=1S/C15H25N3OS/c1-11(2)10-18(8-9-19-3)12-6-5-7-13(20-4)14(12)15(16)17/h5-7,11H,8-10H2,1-4H3,(H3,16,17). The molecule has 0 saturated carbocycles. The monoisotopic (exact) mass is 295 g/mol. The van der Waals surface area contributed by atoms with Gasteiger partial charge in [0.2, 0.25) is 0 Å². The molecule has 3 N–H and O–H groups in total. The lowest BCUT2D eigenvalue weighted by Crippen LogP contribution is -2.33. The summed E-state index contributed by atoms with van der Waals surface area (Å²) >= 11 is 1.62. The lowest BCUT2D eigenvalue weighted by molar-refractivity contribution is 0.204. The van der Waals surface area contributed by atoms with Gasteiger partial charge in [-0.25, -0.2) is 0 Å². The van der Waals surface area contributed by atoms with Crippen LogP contribution in [0.25, 0.3) is 0 Å². The van der Waals surface area contributed by atoms with E-state index in [-0.39, 0.29) is 5.84 Å². The zero-order chi connectivity index (χ0) is 15.1. The first-order valence-electron chi connectivity index (χ1n) is 6.76. The molecule has 1 rings (SSSR count). The molecular weight excluding hydrogens is 270 g/mol. The first kappa shape index (κ1) is 16.9. The second-order valence-corrected chi connectivity index (χ2v) is 5.95. The number of nitrogens with two attached hydrogens (primary N) is 1. The van der Waals surface area contributed by atoms with Crippen LogP contribution in [0.4, 0.5) is 5.69 Å². The Balaban J connectivity index is 3.20. The highest BCUT2D eigenvalue weighted by atomic mass is 32.2. The third-order valence-corrected chi connectivity index (χ3v) is 3.77. The summed E-state index contributed by atoms with van der Waals surface area (Å²) in [5, 5.41) is 7.88. The van der Waals surface area contributed by atoms with Crippen LogP contribution in [-0.2, 0) is 4.74 Å². The lowest BCUT2D eigenvalue weighted by Gasteiger charge is -2.29. The number of nitrogens with zero attached hydrogens (tertiary/aromatic N) is 1. The molecule has 0 aliphatic rings. The average molecular weight is 295 g/mol. The number of rotatable bonds is 8. The summed E-state index contributed by atoms with van der Waals surface area (Å²) in [6.07, 6.45) is 2.01. The van der Waals surface area contributed by atoms with Crippen LogP contribution in [0.1, 0.15) is 19.4 Å². The Hall–Kier alpha value is -1.20. The molecule has 5 heteroatoms. The zero-order valence-corrected chi connectivity index (χ0v) is 13.6. The van der Waals surface area contributed by atoms with Gasteiger partial charge in [0.05, 0.1) is 12.2 Å². The first-order valence-corrected chi connectivity index (χ1v) is 7.99. The van der Waals surface area contributed by atoms with E-state index in [1.807, 2.05) is 24.5 Å². The molecule has 0 saturated heterocycles. The maximum Gasteiger partial charge on any atom is 0.126 e. The lowest BCUT2D eigenvalue weighted by atomic mass is 10.1. The Morgan fingerprint density at radius 3 is 2.65 bits per heavy atom. The minimum atomic E-state index is 0.121. The summed E-state index contributed by atoms with van der Waals surface area (Å²) in [6.45, 7) is 6.75. The van der Waals surface area contributed by atoms with Crippen molar-refractivity contribution in [1.82, 2.24) is 0 Å². The Morgan fingerprint density at radius 2 is 2.15 bits per heavy atom. The van der Waals surface area contributed by atoms with Crippen LogP contribution in [0.3, 0.4) is 0 Å². The van der Waals surface area contributed by atoms with E-state index in [0.717, 1.165) is 29.2 Å². The van der Waals surface area contributed by atoms with E-state index in [2.05, 4.69) is 18.7 Å². The van der Waals surface area contributed by atoms with Gasteiger partial charge < -0.3 is 15.4 Å². The summed E-state index contributed by atoms with van der Waals surface area (Å²) in [5.74, 6) is 0.653. The Morgan fingerprint density at radius 1 is 1.45 bits per heavy atom. The molecule has 0 atom stereocenters. The molecule has 0 radical (unpaired) electrons. The van der Waals surface area contributed by atoms with Crippen molar-refractivity contribution in [1.29, 1.82) is 5.41 Å². The van der Waals surface area contributed by atoms with Crippen molar-refractivity contribution in [2.75, 3.05) is 38.0 Å². The normalized spacial score (nSPS) is 10.8. The second-order valence-electron chi connectivity index (χ2n) is 5.10. The molecule has 112 valence electrons. The minimum Gasteiger partial charge on any atom is -0.384 e. The predicted molar refractivity (Wildman–Crippen MR) is 88.2 cm³/mol. The molecule has 0 aliphatic heterocycles. The Bertz CT molecular complexity index is 449. The van der Waals surface area contributed by atoms with Gasteiger partial charge >= 0.3 is 0 Å². The molecule has 0 heterocycles. The fourth-order valence-electron chi connectivity index (χ4n) is 2.18. The first-order chi connectivity index (χ1) is 9.51. The maximum absolute atomic E-state index is 7.88. The van der Waals surface area contributed by atoms with E-state index in [0.29, 0.717) is 12.5 Å². The molecular formula is C15H25N3OS. The molecule has 0 spiro atoms. The van der Waals surface area contributed by atoms with E-state index < -0.39 is 0 Å². The van der Waals surface area contributed by atoms with Crippen LogP contribution in [-0.4, -0.2) is 38.9 Å². The highest BCUT2D eigenvalue weighted by Gasteiger charge is 2.17. The molecule has 0 bridgehead atoms. The highest BCUT2D eigenvalue weighted by Crippen LogP contribution is 2.29. The number of benzene rings is 1. The molecule has 4 nitrogen and oxygen atoms in total. The summed E-state index contributed by atoms with van der Waals surface area (Å²) in [4.78, 5) is 3.30. The summed E-state index contributed by atoms with van der Waals surface area (Å²) in [6, 6.07) is 6.07. The molecule has 0 unspecified atom stereocenters. The minimum absolute atomic E-state index is 0.121. The molecule has 0 amide bonds. The largest absolute Gasteiger partial charge is 0.384 e. The second kappa shape index (κ2) is 8.17. The number of anilines is 1. The SMILES string of the molecule is COCCN(CC(C)C)c1cccc(SC)c1C(=N)N. The quantitative estimate of drug-likeness (QED) is 0.440. The van der Waals surface area contributed by atoms with E-state index in [4.69, 9.17) is 15.9 Å². The Kier molecular flexibility index (Phi) is 6.88. The van der Waals surface area contributed by atoms with Crippen LogP contribution >= 0.6 is 11.8 Å². The molecule has 0 aromatic heterocycles. The van der Waals surface area contributed by atoms with E-state index in [9.17, 15) is 0 Å². The van der Waals surface area contributed by atoms with Gasteiger partial charge in [0.15, 0.2) is 0 Å². The van der Waals surface area contributed by atoms with Crippen molar-refractivity contribution in [3.05, 3.63) is 23.8 Å². The molecule has 20 heavy (non-hydrogen) atoms. The average Bonchev–Trinajstić information content (AvgIpc) is 2.41. The van der Waals surface area contributed by atoms with E-state index in [1.54, 1.807) is 18.9 Å². The van der Waals surface area contributed by atoms with Gasteiger partial charge in [-0.1, -0.05) is 19.9 Å². The number of ether oxygens (including phenoxy) is 1. The summed E-state index contributed by atoms with van der Waals surface area (Å²) in [5.41, 5.74) is 7.65. The number of hydrogen-bond acceptors (Lipinski definition) is 4. The highest BCUT2D eigenvalue weighted by molar-refractivity contribution is 7.98. The number of nitrogens with one attached hydrogen (secondary N) is 1. The Labute approximate surface area is 126 Å². The van der Waals surface area contributed by atoms with Gasteiger partial charge in [0.25, 0.3) is 0 Å². The summed E-state index contributed by atoms with van der Waals surface area (Å²) in [7, 11) is 1.71. The van der Waals surface area contributed by atoms with Crippen molar-refractivity contribution in [3.8, 4) is 0 Å². The number of thioether (sulfide) groups is 1. The van der Waals surface area contributed by atoms with Gasteiger partial charge in [-0.15, -0.1) is 11.8 Å². The van der Waals surface area contributed by atoms with Crippen molar-refractivity contribution in [2.24, 2.45) is 11.7 Å². The van der Waals surface area contributed by atoms with Crippen LogP contribution in [0, 0.1) is 11.3 Å². The number of methoxy groups -OCH3 is 1. The van der Waals surface area contributed by atoms with Crippen LogP contribution in [0.15, 0.2) is 23.1 Å². The van der Waals surface area contributed by atoms with E-state index >= 15 is 0 Å². The topological polar surface area (TPSA) is 62.3 Å². The van der Waals surface area contributed by atoms with Crippen molar-refractivity contribution in [2.45, 2.75) is 18.7 Å². The smallest absolute Gasteiger partial charge is 0.126 e. The van der Waals surface area contributed by atoms with Crippen molar-refractivity contribution >= 4 is 23.3 Å². The number of amidine groups is 1. The van der Waals surface area contributed by atoms with Gasteiger partial charge in [0.1, 0.15) is 5.84 Å².